The van der Waals surface area contributed by atoms with Crippen molar-refractivity contribution in [3.8, 4) is 0 Å². The molecule has 0 saturated heterocycles. The van der Waals surface area contributed by atoms with Crippen molar-refractivity contribution in [3.63, 3.8) is 0 Å². The summed E-state index contributed by atoms with van der Waals surface area (Å²) in [6, 6.07) is 0. The van der Waals surface area contributed by atoms with E-state index in [0.717, 1.165) is 0 Å². The molecule has 0 radical (unpaired) electrons. The van der Waals surface area contributed by atoms with Gasteiger partial charge >= 0.3 is 11.9 Å². The molecule has 4 rings (SSSR count). The Bertz CT molecular complexity index is 400. The highest BCUT2D eigenvalue weighted by Crippen LogP contribution is 2.93. The maximum Gasteiger partial charge on any atom is 0.310 e. The molecule has 5 heteroatoms. The summed E-state index contributed by atoms with van der Waals surface area (Å²) in [6.45, 7) is 0. The van der Waals surface area contributed by atoms with Crippen LogP contribution in [-0.4, -0.2) is 27.0 Å². The molecule has 80 valence electrons. The topological polar surface area (TPSA) is 74.6 Å². The van der Waals surface area contributed by atoms with Gasteiger partial charge in [0.15, 0.2) is 0 Å². The summed E-state index contributed by atoms with van der Waals surface area (Å²) in [4.78, 5) is 22.5. The highest BCUT2D eigenvalue weighted by molar-refractivity contribution is 9.09. The van der Waals surface area contributed by atoms with E-state index in [1.165, 1.54) is 0 Å². The van der Waals surface area contributed by atoms with Crippen molar-refractivity contribution in [3.05, 3.63) is 0 Å². The molecule has 0 bridgehead atoms. The molecule has 0 aromatic carbocycles. The Balaban J connectivity index is 1.74. The van der Waals surface area contributed by atoms with Gasteiger partial charge in [-0.15, -0.1) is 0 Å². The van der Waals surface area contributed by atoms with E-state index >= 15 is 0 Å². The third-order valence-corrected chi connectivity index (χ3v) is 6.62. The van der Waals surface area contributed by atoms with Crippen LogP contribution in [0.3, 0.4) is 0 Å². The van der Waals surface area contributed by atoms with Gasteiger partial charge < -0.3 is 10.2 Å². The number of hydrogen-bond acceptors (Lipinski definition) is 2. The van der Waals surface area contributed by atoms with Gasteiger partial charge in [0.05, 0.1) is 11.3 Å². The van der Waals surface area contributed by atoms with E-state index in [0.29, 0.717) is 0 Å². The molecule has 4 saturated carbocycles. The normalized spacial score (nSPS) is 66.3. The van der Waals surface area contributed by atoms with Crippen molar-refractivity contribution in [2.75, 3.05) is 0 Å². The lowest BCUT2D eigenvalue weighted by Crippen LogP contribution is -2.96. The predicted octanol–water partition coefficient (Wildman–Crippen LogP) is 0.657. The minimum atomic E-state index is -0.727. The number of carbonyl (C=O) groups is 2. The molecule has 4 unspecified atom stereocenters. The van der Waals surface area contributed by atoms with Crippen molar-refractivity contribution >= 4 is 27.9 Å². The second-order valence-corrected chi connectivity index (χ2v) is 6.34. The van der Waals surface area contributed by atoms with Crippen LogP contribution in [0.1, 0.15) is 0 Å². The number of alkyl halides is 1. The van der Waals surface area contributed by atoms with E-state index in [9.17, 15) is 14.7 Å². The molecule has 4 nitrogen and oxygen atoms in total. The number of fused-ring (bicyclic) bond motifs is 2. The number of carboxylic acids is 2. The first-order valence-corrected chi connectivity index (χ1v) is 6.06. The van der Waals surface area contributed by atoms with Crippen LogP contribution in [0.15, 0.2) is 0 Å². The lowest BCUT2D eigenvalue weighted by atomic mass is 9.11. The Labute approximate surface area is 93.8 Å². The van der Waals surface area contributed by atoms with Crippen LogP contribution in [0.2, 0.25) is 0 Å². The average molecular weight is 273 g/mol. The van der Waals surface area contributed by atoms with Gasteiger partial charge in [-0.05, 0) is 29.6 Å². The second kappa shape index (κ2) is 1.97. The summed E-state index contributed by atoms with van der Waals surface area (Å²) in [5.74, 6) is -1.06. The van der Waals surface area contributed by atoms with E-state index in [4.69, 9.17) is 5.11 Å². The first-order valence-electron chi connectivity index (χ1n) is 5.15. The molecule has 0 spiro atoms. The molecule has 2 N–H and O–H groups in total. The van der Waals surface area contributed by atoms with Gasteiger partial charge in [0.2, 0.25) is 0 Å². The Hall–Kier alpha value is -0.580. The fraction of sp³-hybridized carbons (Fsp3) is 0.800. The van der Waals surface area contributed by atoms with E-state index in [1.807, 2.05) is 0 Å². The molecular weight excluding hydrogens is 264 g/mol. The van der Waals surface area contributed by atoms with E-state index in [1.54, 1.807) is 0 Å². The summed E-state index contributed by atoms with van der Waals surface area (Å²) in [5, 5.41) is 18.3. The standard InChI is InChI=1S/C10H9BrO4/c11-7-5-2-1(8(12)13)3-4(2)10(5,6(3)7)9(14)15/h1-7H,(H,12,13)(H,14,15). The summed E-state index contributed by atoms with van der Waals surface area (Å²) >= 11 is 3.52. The van der Waals surface area contributed by atoms with Gasteiger partial charge in [-0.1, -0.05) is 15.9 Å². The minimum Gasteiger partial charge on any atom is -0.481 e. The third-order valence-electron chi connectivity index (χ3n) is 5.48. The molecule has 15 heavy (non-hydrogen) atoms. The number of rotatable bonds is 2. The molecule has 0 aromatic rings. The largest absolute Gasteiger partial charge is 0.481 e. The summed E-state index contributed by atoms with van der Waals surface area (Å²) in [7, 11) is 0. The van der Waals surface area contributed by atoms with Crippen LogP contribution in [0.25, 0.3) is 0 Å². The predicted molar refractivity (Wildman–Crippen MR) is 51.4 cm³/mol. The SMILES string of the molecule is O=C(O)C1C2C3C(Br)C4C1C2C34C(=O)O. The molecule has 4 atom stereocenters. The Morgan fingerprint density at radius 1 is 1.07 bits per heavy atom. The van der Waals surface area contributed by atoms with Crippen LogP contribution in [0.4, 0.5) is 0 Å². The first-order chi connectivity index (χ1) is 7.04. The summed E-state index contributed by atoms with van der Waals surface area (Å²) < 4.78 is 0. The maximum absolute atomic E-state index is 11.2. The lowest BCUT2D eigenvalue weighted by molar-refractivity contribution is -0.438. The summed E-state index contributed by atoms with van der Waals surface area (Å²) in [5.41, 5.74) is -0.518. The van der Waals surface area contributed by atoms with E-state index < -0.39 is 17.4 Å². The average Bonchev–Trinajstić information content (AvgIpc) is 2.13. The van der Waals surface area contributed by atoms with Gasteiger partial charge in [0, 0.05) is 4.83 Å². The van der Waals surface area contributed by atoms with Gasteiger partial charge in [-0.2, -0.15) is 0 Å². The second-order valence-electron chi connectivity index (χ2n) is 5.28. The van der Waals surface area contributed by atoms with Crippen molar-refractivity contribution in [1.82, 2.24) is 0 Å². The van der Waals surface area contributed by atoms with Crippen molar-refractivity contribution in [2.45, 2.75) is 4.83 Å². The monoisotopic (exact) mass is 272 g/mol. The smallest absolute Gasteiger partial charge is 0.310 e. The zero-order chi connectivity index (χ0) is 10.7. The molecule has 0 heterocycles. The molecule has 4 aliphatic carbocycles. The lowest BCUT2D eigenvalue weighted by Gasteiger charge is -2.92. The fourth-order valence-corrected chi connectivity index (χ4v) is 6.80. The number of aliphatic carboxylic acids is 2. The number of halogens is 1. The van der Waals surface area contributed by atoms with Gasteiger partial charge in [-0.25, -0.2) is 0 Å². The molecule has 0 aliphatic heterocycles. The van der Waals surface area contributed by atoms with Crippen molar-refractivity contribution in [1.29, 1.82) is 0 Å². The van der Waals surface area contributed by atoms with Crippen LogP contribution in [0.5, 0.6) is 0 Å². The van der Waals surface area contributed by atoms with E-state index in [-0.39, 0.29) is 40.3 Å². The van der Waals surface area contributed by atoms with E-state index in [2.05, 4.69) is 15.9 Å². The van der Waals surface area contributed by atoms with Crippen LogP contribution >= 0.6 is 15.9 Å². The zero-order valence-corrected chi connectivity index (χ0v) is 9.22. The highest BCUT2D eigenvalue weighted by Gasteiger charge is 2.97. The molecule has 4 aliphatic rings. The highest BCUT2D eigenvalue weighted by atomic mass is 79.9. The third kappa shape index (κ3) is 0.496. The number of hydrogen-bond donors (Lipinski definition) is 2. The Kier molecular flexibility index (Phi) is 1.12. The first kappa shape index (κ1) is 8.56. The molecular formula is C10H9BrO4. The van der Waals surface area contributed by atoms with Crippen molar-refractivity contribution in [2.24, 2.45) is 40.9 Å². The fourth-order valence-electron chi connectivity index (χ4n) is 5.22. The Morgan fingerprint density at radius 3 is 2.00 bits per heavy atom. The van der Waals surface area contributed by atoms with Crippen molar-refractivity contribution < 1.29 is 19.8 Å². The van der Waals surface area contributed by atoms with Crippen LogP contribution in [-0.2, 0) is 9.59 Å². The minimum absolute atomic E-state index is 0.0797. The van der Waals surface area contributed by atoms with Gasteiger partial charge in [-0.3, -0.25) is 9.59 Å². The van der Waals surface area contributed by atoms with Crippen LogP contribution in [0, 0.1) is 40.9 Å². The Morgan fingerprint density at radius 2 is 1.60 bits per heavy atom. The summed E-state index contributed by atoms with van der Waals surface area (Å²) in [6.07, 6.45) is 0. The molecule has 0 aromatic heterocycles. The quantitative estimate of drug-likeness (QED) is 0.725. The van der Waals surface area contributed by atoms with Gasteiger partial charge in [0.1, 0.15) is 0 Å². The number of carboxylic acid groups (broad SMARTS) is 2. The van der Waals surface area contributed by atoms with Crippen LogP contribution < -0.4 is 0 Å². The zero-order valence-electron chi connectivity index (χ0n) is 7.63. The maximum atomic E-state index is 11.2. The molecule has 4 fully saturated rings. The van der Waals surface area contributed by atoms with Gasteiger partial charge in [0.25, 0.3) is 0 Å². The molecule has 0 amide bonds.